The van der Waals surface area contributed by atoms with Crippen LogP contribution in [-0.2, 0) is 19.4 Å². The molecular weight excluding hydrogens is 657 g/mol. The number of alkyl carbamates (subject to hydrolysis) is 1. The molecule has 0 saturated carbocycles. The van der Waals surface area contributed by atoms with Crippen molar-refractivity contribution in [2.75, 3.05) is 43.6 Å². The van der Waals surface area contributed by atoms with Crippen molar-refractivity contribution >= 4 is 44.6 Å². The molecule has 19 heteroatoms. The summed E-state index contributed by atoms with van der Waals surface area (Å²) in [6, 6.07) is 5.02. The van der Waals surface area contributed by atoms with Crippen LogP contribution in [0, 0.1) is 5.92 Å². The maximum Gasteiger partial charge on any atom is 0.407 e. The average molecular weight is 690 g/mol. The topological polar surface area (TPSA) is 165 Å². The number of nitrogens with zero attached hydrogens (tertiary/aromatic N) is 4. The molecule has 1 aromatic carbocycles. The van der Waals surface area contributed by atoms with Gasteiger partial charge in [-0.3, -0.25) is 4.79 Å². The number of hydrogen-bond acceptors (Lipinski definition) is 11. The molecule has 3 N–H and O–H groups in total. The maximum absolute atomic E-state index is 13.2. The number of likely N-dealkylation sites (tertiary alicyclic amines) is 1. The van der Waals surface area contributed by atoms with Crippen molar-refractivity contribution in [3.63, 3.8) is 0 Å². The van der Waals surface area contributed by atoms with Crippen LogP contribution in [-0.4, -0.2) is 98.1 Å². The third-order valence-corrected chi connectivity index (χ3v) is 8.20. The molecule has 1 saturated heterocycles. The molecular formula is C28H32F5N7O6S. The molecule has 2 unspecified atom stereocenters. The number of ether oxygens (including phenoxy) is 2. The fraction of sp³-hybridized carbons (Fsp3) is 0.464. The van der Waals surface area contributed by atoms with Crippen molar-refractivity contribution in [1.29, 1.82) is 0 Å². The number of anilines is 2. The second kappa shape index (κ2) is 14.1. The summed E-state index contributed by atoms with van der Waals surface area (Å²) in [7, 11) is -2.85. The molecule has 0 aliphatic carbocycles. The van der Waals surface area contributed by atoms with Gasteiger partial charge in [0.15, 0.2) is 15.7 Å². The van der Waals surface area contributed by atoms with Crippen LogP contribution in [0.2, 0.25) is 0 Å². The van der Waals surface area contributed by atoms with E-state index in [1.54, 1.807) is 18.7 Å². The van der Waals surface area contributed by atoms with Crippen molar-refractivity contribution < 1.29 is 49.4 Å². The van der Waals surface area contributed by atoms with Gasteiger partial charge >= 0.3 is 18.9 Å². The summed E-state index contributed by atoms with van der Waals surface area (Å²) in [6.07, 6.45) is -4.11. The van der Waals surface area contributed by atoms with Gasteiger partial charge in [0.05, 0.1) is 18.3 Å². The Morgan fingerprint density at radius 1 is 1.11 bits per heavy atom. The lowest BCUT2D eigenvalue weighted by Crippen LogP contribution is -2.51. The van der Waals surface area contributed by atoms with Crippen molar-refractivity contribution in [1.82, 2.24) is 25.2 Å². The third kappa shape index (κ3) is 9.05. The van der Waals surface area contributed by atoms with Gasteiger partial charge in [-0.1, -0.05) is 13.8 Å². The minimum Gasteiger partial charge on any atom is -0.453 e. The summed E-state index contributed by atoms with van der Waals surface area (Å²) in [4.78, 5) is 38.9. The zero-order valence-electron chi connectivity index (χ0n) is 25.6. The van der Waals surface area contributed by atoms with E-state index in [1.807, 2.05) is 0 Å². The monoisotopic (exact) mass is 689 g/mol. The Bertz CT molecular complexity index is 1740. The number of aromatic nitrogens is 3. The Kier molecular flexibility index (Phi) is 10.6. The van der Waals surface area contributed by atoms with Gasteiger partial charge in [0.25, 0.3) is 0 Å². The van der Waals surface area contributed by atoms with Gasteiger partial charge in [-0.05, 0) is 42.7 Å². The number of nitrogens with one attached hydrogen (secondary N) is 3. The van der Waals surface area contributed by atoms with E-state index in [0.29, 0.717) is 13.0 Å². The molecule has 47 heavy (non-hydrogen) atoms. The molecule has 0 radical (unpaired) electrons. The molecule has 2 amide bonds. The predicted octanol–water partition coefficient (Wildman–Crippen LogP) is 4.06. The van der Waals surface area contributed by atoms with Crippen LogP contribution in [0.1, 0.15) is 20.3 Å². The fourth-order valence-corrected chi connectivity index (χ4v) is 5.68. The molecule has 2 aromatic heterocycles. The summed E-state index contributed by atoms with van der Waals surface area (Å²) < 4.78 is 98.8. The zero-order valence-corrected chi connectivity index (χ0v) is 26.4. The highest BCUT2D eigenvalue weighted by Gasteiger charge is 2.34. The van der Waals surface area contributed by atoms with Gasteiger partial charge in [-0.2, -0.15) is 26.9 Å². The van der Waals surface area contributed by atoms with Crippen molar-refractivity contribution in [3.8, 4) is 17.0 Å². The molecule has 1 aliphatic heterocycles. The molecule has 1 aliphatic rings. The first kappa shape index (κ1) is 35.3. The number of carbonyl (C=O) groups is 2. The van der Waals surface area contributed by atoms with Gasteiger partial charge in [0.1, 0.15) is 28.7 Å². The number of sulfone groups is 1. The Hall–Kier alpha value is -4.55. The van der Waals surface area contributed by atoms with Crippen molar-refractivity contribution in [2.24, 2.45) is 5.92 Å². The predicted molar refractivity (Wildman–Crippen MR) is 160 cm³/mol. The van der Waals surface area contributed by atoms with Gasteiger partial charge in [-0.15, -0.1) is 0 Å². The molecule has 3 aromatic rings. The Morgan fingerprint density at radius 2 is 1.83 bits per heavy atom. The molecule has 3 heterocycles. The van der Waals surface area contributed by atoms with Crippen LogP contribution in [0.15, 0.2) is 35.2 Å². The number of amides is 2. The summed E-state index contributed by atoms with van der Waals surface area (Å²) >= 11 is 0. The molecule has 2 atom stereocenters. The molecule has 0 spiro atoms. The maximum atomic E-state index is 13.2. The summed E-state index contributed by atoms with van der Waals surface area (Å²) in [6.45, 7) is -0.680. The Balaban J connectivity index is 1.64. The van der Waals surface area contributed by atoms with Gasteiger partial charge < -0.3 is 30.3 Å². The van der Waals surface area contributed by atoms with Crippen LogP contribution < -0.4 is 20.7 Å². The Labute approximate surface area is 266 Å². The first-order valence-corrected chi connectivity index (χ1v) is 16.0. The highest BCUT2D eigenvalue weighted by atomic mass is 32.2. The van der Waals surface area contributed by atoms with Crippen LogP contribution >= 0.6 is 0 Å². The Morgan fingerprint density at radius 3 is 2.45 bits per heavy atom. The molecule has 0 bridgehead atoms. The van der Waals surface area contributed by atoms with Crippen molar-refractivity contribution in [2.45, 2.75) is 50.0 Å². The standard InChI is InChI=1S/C28H32F5N7O6S/c1-14(2)21(38-27(42)45-3)24(41)40-10-9-16(12-40)35-26-37-18-7-6-17(36-22(18)23(39-26)34-13-28(31,32)33)15-5-8-19(46-25(29)30)20(11-15)47(4,43)44/h5-8,11,14,16,21,25H,9-10,12-13H2,1-4H3,(H,38,42)(H2,34,35,37,39). The van der Waals surface area contributed by atoms with Crippen molar-refractivity contribution in [3.05, 3.63) is 30.3 Å². The van der Waals surface area contributed by atoms with E-state index in [2.05, 4.69) is 40.4 Å². The van der Waals surface area contributed by atoms with E-state index < -0.39 is 51.9 Å². The number of pyridine rings is 1. The molecule has 256 valence electrons. The van der Waals surface area contributed by atoms with Gasteiger partial charge in [-0.25, -0.2) is 23.2 Å². The largest absolute Gasteiger partial charge is 0.453 e. The fourth-order valence-electron chi connectivity index (χ4n) is 4.85. The smallest absolute Gasteiger partial charge is 0.407 e. The highest BCUT2D eigenvalue weighted by Crippen LogP contribution is 2.32. The minimum atomic E-state index is -4.62. The summed E-state index contributed by atoms with van der Waals surface area (Å²) in [5.41, 5.74) is 0.290. The number of fused-ring (bicyclic) bond motifs is 1. The van der Waals surface area contributed by atoms with Crippen LogP contribution in [0.4, 0.5) is 38.5 Å². The number of alkyl halides is 5. The molecule has 4 rings (SSSR count). The van der Waals surface area contributed by atoms with E-state index in [-0.39, 0.29) is 58.5 Å². The lowest BCUT2D eigenvalue weighted by molar-refractivity contribution is -0.133. The first-order valence-electron chi connectivity index (χ1n) is 14.1. The molecule has 13 nitrogen and oxygen atoms in total. The lowest BCUT2D eigenvalue weighted by Gasteiger charge is -2.26. The normalized spacial score (nSPS) is 16.0. The quantitative estimate of drug-likeness (QED) is 0.249. The zero-order chi connectivity index (χ0) is 34.7. The summed E-state index contributed by atoms with van der Waals surface area (Å²) in [5.74, 6) is -1.47. The van der Waals surface area contributed by atoms with Crippen LogP contribution in [0.25, 0.3) is 22.3 Å². The lowest BCUT2D eigenvalue weighted by atomic mass is 10.0. The van der Waals surface area contributed by atoms with E-state index in [1.165, 1.54) is 25.3 Å². The second-order valence-corrected chi connectivity index (χ2v) is 13.0. The van der Waals surface area contributed by atoms with Gasteiger partial charge in [0, 0.05) is 31.0 Å². The van der Waals surface area contributed by atoms with E-state index in [0.717, 1.165) is 18.4 Å². The molecule has 1 fully saturated rings. The SMILES string of the molecule is COC(=O)NC(C(=O)N1CCC(Nc2nc(NCC(F)(F)F)c3nc(-c4ccc(OC(F)F)c(S(C)(=O)=O)c4)ccc3n2)C1)C(C)C. The number of halogens is 5. The van der Waals surface area contributed by atoms with E-state index in [4.69, 9.17) is 0 Å². The number of rotatable bonds is 11. The first-order chi connectivity index (χ1) is 21.9. The average Bonchev–Trinajstić information content (AvgIpc) is 3.45. The van der Waals surface area contributed by atoms with Crippen LogP contribution in [0.3, 0.4) is 0 Å². The highest BCUT2D eigenvalue weighted by molar-refractivity contribution is 7.90. The number of methoxy groups -OCH3 is 1. The summed E-state index contributed by atoms with van der Waals surface area (Å²) in [5, 5.41) is 7.80. The number of benzene rings is 1. The van der Waals surface area contributed by atoms with Gasteiger partial charge in [0.2, 0.25) is 11.9 Å². The van der Waals surface area contributed by atoms with Crippen LogP contribution in [0.5, 0.6) is 5.75 Å². The number of hydrogen-bond donors (Lipinski definition) is 3. The van der Waals surface area contributed by atoms with E-state index >= 15 is 0 Å². The second-order valence-electron chi connectivity index (χ2n) is 11.0. The third-order valence-electron chi connectivity index (χ3n) is 7.08. The number of carbonyl (C=O) groups excluding carboxylic acids is 2. The van der Waals surface area contributed by atoms with E-state index in [9.17, 15) is 40.0 Å². The minimum absolute atomic E-state index is 0.0445.